The quantitative estimate of drug-likeness (QED) is 0.482. The predicted molar refractivity (Wildman–Crippen MR) is 109 cm³/mol. The maximum absolute atomic E-state index is 12.5. The molecule has 0 spiro atoms. The monoisotopic (exact) mass is 439 g/mol. The standard InChI is InChI=1S/C20H13Cl2NO4S.Li/c1-10(24)17-6-7-18(28-17)11-2-5-16(14(8-11)20(26)27)23-19(25)13-4-3-12(21)9-15(13)22;/h2-9H,1H3,(H,23,25)(H,26,27);/q;+1/p-1. The summed E-state index contributed by atoms with van der Waals surface area (Å²) in [6, 6.07) is 12.3. The van der Waals surface area contributed by atoms with Gasteiger partial charge in [-0.05, 0) is 55.0 Å². The third-order valence-electron chi connectivity index (χ3n) is 3.90. The Hall–Kier alpha value is -2.07. The van der Waals surface area contributed by atoms with E-state index in [-0.39, 0.29) is 46.5 Å². The minimum absolute atomic E-state index is 0. The number of carboxylic acid groups (broad SMARTS) is 1. The molecule has 1 aromatic heterocycles. The number of Topliss-reactive ketones (excluding diaryl/α,β-unsaturated/α-hetero) is 1. The number of nitrogens with one attached hydrogen (secondary N) is 1. The van der Waals surface area contributed by atoms with Crippen LogP contribution in [0.2, 0.25) is 10.0 Å². The van der Waals surface area contributed by atoms with Crippen LogP contribution in [0.4, 0.5) is 5.69 Å². The molecule has 2 aromatic carbocycles. The maximum atomic E-state index is 12.5. The molecule has 0 aliphatic heterocycles. The number of carbonyl (C=O) groups is 3. The second-order valence-corrected chi connectivity index (χ2v) is 7.77. The summed E-state index contributed by atoms with van der Waals surface area (Å²) in [5, 5.41) is 14.6. The zero-order valence-corrected chi connectivity index (χ0v) is 17.7. The first-order valence-corrected chi connectivity index (χ1v) is 9.56. The number of hydrogen-bond donors (Lipinski definition) is 1. The van der Waals surface area contributed by atoms with Gasteiger partial charge in [0.15, 0.2) is 5.78 Å². The van der Waals surface area contributed by atoms with Gasteiger partial charge in [-0.1, -0.05) is 29.3 Å². The minimum Gasteiger partial charge on any atom is -0.545 e. The molecule has 29 heavy (non-hydrogen) atoms. The smallest absolute Gasteiger partial charge is 0.545 e. The second kappa shape index (κ2) is 9.62. The van der Waals surface area contributed by atoms with E-state index in [9.17, 15) is 19.5 Å². The minimum atomic E-state index is -1.44. The van der Waals surface area contributed by atoms with Crippen LogP contribution in [0.25, 0.3) is 10.4 Å². The summed E-state index contributed by atoms with van der Waals surface area (Å²) in [5.74, 6) is -2.09. The number of halogens is 2. The molecule has 1 amide bonds. The fraction of sp³-hybridized carbons (Fsp3) is 0.0500. The van der Waals surface area contributed by atoms with Crippen LogP contribution < -0.4 is 29.3 Å². The number of hydrogen-bond acceptors (Lipinski definition) is 5. The van der Waals surface area contributed by atoms with E-state index >= 15 is 0 Å². The number of ketones is 1. The van der Waals surface area contributed by atoms with Gasteiger partial charge >= 0.3 is 18.9 Å². The molecule has 0 aliphatic carbocycles. The van der Waals surface area contributed by atoms with Crippen LogP contribution in [0.1, 0.15) is 37.3 Å². The van der Waals surface area contributed by atoms with E-state index in [4.69, 9.17) is 23.2 Å². The van der Waals surface area contributed by atoms with Gasteiger partial charge in [0, 0.05) is 15.5 Å². The van der Waals surface area contributed by atoms with Crippen LogP contribution in [-0.4, -0.2) is 17.7 Å². The summed E-state index contributed by atoms with van der Waals surface area (Å²) in [6.45, 7) is 1.46. The number of anilines is 1. The molecule has 0 unspecified atom stereocenters. The number of benzene rings is 2. The number of aromatic carboxylic acids is 1. The van der Waals surface area contributed by atoms with Crippen LogP contribution >= 0.6 is 34.5 Å². The molecule has 5 nitrogen and oxygen atoms in total. The average molecular weight is 440 g/mol. The van der Waals surface area contributed by atoms with Gasteiger partial charge in [-0.15, -0.1) is 11.3 Å². The molecule has 0 radical (unpaired) electrons. The Labute approximate surface area is 192 Å². The van der Waals surface area contributed by atoms with Crippen molar-refractivity contribution in [2.75, 3.05) is 5.32 Å². The second-order valence-electron chi connectivity index (χ2n) is 5.85. The maximum Gasteiger partial charge on any atom is 1.00 e. The van der Waals surface area contributed by atoms with E-state index < -0.39 is 11.9 Å². The van der Waals surface area contributed by atoms with Crippen LogP contribution in [0, 0.1) is 0 Å². The molecule has 0 atom stereocenters. The Morgan fingerprint density at radius 2 is 1.69 bits per heavy atom. The van der Waals surface area contributed by atoms with E-state index in [2.05, 4.69) is 5.32 Å². The van der Waals surface area contributed by atoms with Gasteiger partial charge in [-0.2, -0.15) is 0 Å². The average Bonchev–Trinajstić information content (AvgIpc) is 3.12. The molecule has 0 fully saturated rings. The fourth-order valence-electron chi connectivity index (χ4n) is 2.52. The van der Waals surface area contributed by atoms with E-state index in [1.165, 1.54) is 48.6 Å². The van der Waals surface area contributed by atoms with Gasteiger partial charge in [0.2, 0.25) is 0 Å². The van der Waals surface area contributed by atoms with E-state index in [1.807, 2.05) is 0 Å². The Morgan fingerprint density at radius 3 is 2.28 bits per heavy atom. The van der Waals surface area contributed by atoms with Gasteiger partial charge < -0.3 is 15.2 Å². The Morgan fingerprint density at radius 1 is 0.966 bits per heavy atom. The Kier molecular flexibility index (Phi) is 7.70. The summed E-state index contributed by atoms with van der Waals surface area (Å²) in [6.07, 6.45) is 0. The molecule has 142 valence electrons. The number of rotatable bonds is 5. The third kappa shape index (κ3) is 5.30. The predicted octanol–water partition coefficient (Wildman–Crippen LogP) is 1.54. The number of carboxylic acids is 1. The first kappa shape index (κ1) is 23.2. The zero-order valence-electron chi connectivity index (χ0n) is 15.4. The van der Waals surface area contributed by atoms with E-state index in [0.717, 1.165) is 4.88 Å². The van der Waals surface area contributed by atoms with Gasteiger partial charge in [0.05, 0.1) is 27.1 Å². The van der Waals surface area contributed by atoms with Crippen molar-refractivity contribution in [3.63, 3.8) is 0 Å². The summed E-state index contributed by atoms with van der Waals surface area (Å²) >= 11 is 13.1. The van der Waals surface area contributed by atoms with Crippen molar-refractivity contribution in [2.45, 2.75) is 6.92 Å². The molecule has 3 rings (SSSR count). The largest absolute Gasteiger partial charge is 1.00 e. The van der Waals surface area contributed by atoms with Gasteiger partial charge in [-0.25, -0.2) is 0 Å². The van der Waals surface area contributed by atoms with Gasteiger partial charge in [-0.3, -0.25) is 9.59 Å². The summed E-state index contributed by atoms with van der Waals surface area (Å²) in [4.78, 5) is 36.8. The molecule has 1 heterocycles. The molecule has 9 heteroatoms. The fourth-order valence-corrected chi connectivity index (χ4v) is 3.91. The molecule has 0 bridgehead atoms. The first-order chi connectivity index (χ1) is 13.3. The molecule has 0 saturated heterocycles. The van der Waals surface area contributed by atoms with Crippen LogP contribution in [0.5, 0.6) is 0 Å². The Bertz CT molecular complexity index is 1110. The zero-order chi connectivity index (χ0) is 20.4. The number of amides is 1. The van der Waals surface area contributed by atoms with Gasteiger partial charge in [0.25, 0.3) is 5.91 Å². The van der Waals surface area contributed by atoms with Crippen LogP contribution in [0.15, 0.2) is 48.5 Å². The van der Waals surface area contributed by atoms with Crippen molar-refractivity contribution in [2.24, 2.45) is 0 Å². The molecule has 0 saturated carbocycles. The number of thiophene rings is 1. The molecular formula is C20H12Cl2LiNO4S. The Balaban J connectivity index is 0.00000300. The first-order valence-electron chi connectivity index (χ1n) is 7.99. The van der Waals surface area contributed by atoms with Crippen LogP contribution in [0.3, 0.4) is 0 Å². The van der Waals surface area contributed by atoms with Crippen molar-refractivity contribution in [1.82, 2.24) is 0 Å². The van der Waals surface area contributed by atoms with Crippen molar-refractivity contribution in [3.8, 4) is 10.4 Å². The van der Waals surface area contributed by atoms with Crippen molar-refractivity contribution in [3.05, 3.63) is 74.6 Å². The summed E-state index contributed by atoms with van der Waals surface area (Å²) < 4.78 is 0. The van der Waals surface area contributed by atoms with Crippen LogP contribution in [-0.2, 0) is 0 Å². The molecule has 3 aromatic rings. The number of carbonyl (C=O) groups excluding carboxylic acids is 3. The van der Waals surface area contributed by atoms with Crippen molar-refractivity contribution in [1.29, 1.82) is 0 Å². The van der Waals surface area contributed by atoms with E-state index in [1.54, 1.807) is 18.2 Å². The van der Waals surface area contributed by atoms with Gasteiger partial charge in [0.1, 0.15) is 0 Å². The summed E-state index contributed by atoms with van der Waals surface area (Å²) in [7, 11) is 0. The topological polar surface area (TPSA) is 86.3 Å². The molecular weight excluding hydrogens is 428 g/mol. The third-order valence-corrected chi connectivity index (χ3v) is 5.68. The van der Waals surface area contributed by atoms with E-state index in [0.29, 0.717) is 15.5 Å². The van der Waals surface area contributed by atoms with Crippen molar-refractivity contribution < 1.29 is 38.4 Å². The molecule has 1 N–H and O–H groups in total. The van der Waals surface area contributed by atoms with Crippen molar-refractivity contribution >= 4 is 57.9 Å². The molecule has 0 aliphatic rings. The normalized spacial score (nSPS) is 10.2. The summed E-state index contributed by atoms with van der Waals surface area (Å²) in [5.41, 5.74) is 0.639. The SMILES string of the molecule is CC(=O)c1ccc(-c2ccc(NC(=O)c3ccc(Cl)cc3Cl)c(C(=O)[O-])c2)s1.[Li+].